The Labute approximate surface area is 121 Å². The lowest BCUT2D eigenvalue weighted by Gasteiger charge is -2.29. The zero-order valence-electron chi connectivity index (χ0n) is 10.2. The van der Waals surface area contributed by atoms with Gasteiger partial charge >= 0.3 is 0 Å². The number of carbonyl (C=O) groups is 1. The molecule has 3 nitrogen and oxygen atoms in total. The van der Waals surface area contributed by atoms with Gasteiger partial charge in [-0.1, -0.05) is 36.7 Å². The Morgan fingerprint density at radius 3 is 2.58 bits per heavy atom. The third-order valence-electron chi connectivity index (χ3n) is 3.46. The molecule has 1 amide bonds. The quantitative estimate of drug-likeness (QED) is 0.844. The van der Waals surface area contributed by atoms with Crippen molar-refractivity contribution in [1.29, 1.82) is 0 Å². The number of hydrogen-bond donors (Lipinski definition) is 2. The first-order chi connectivity index (χ1) is 8.94. The molecule has 1 saturated carbocycles. The average molecular weight is 301 g/mol. The summed E-state index contributed by atoms with van der Waals surface area (Å²) in [5.41, 5.74) is 5.34. The second-order valence-electron chi connectivity index (χ2n) is 4.73. The molecule has 3 N–H and O–H groups in total. The van der Waals surface area contributed by atoms with Crippen molar-refractivity contribution < 1.29 is 9.18 Å². The van der Waals surface area contributed by atoms with Crippen LogP contribution in [0.5, 0.6) is 0 Å². The molecule has 2 rings (SSSR count). The largest absolute Gasteiger partial charge is 0.391 e. The number of thiocarbonyl (C=S) groups is 1. The monoisotopic (exact) mass is 300 g/mol. The molecule has 1 aromatic carbocycles. The fourth-order valence-electron chi connectivity index (χ4n) is 2.37. The highest BCUT2D eigenvalue weighted by Gasteiger charge is 2.38. The smallest absolute Gasteiger partial charge is 0.253 e. The van der Waals surface area contributed by atoms with Crippen LogP contribution >= 0.6 is 23.8 Å². The van der Waals surface area contributed by atoms with Crippen molar-refractivity contribution in [1.82, 2.24) is 5.32 Å². The van der Waals surface area contributed by atoms with Crippen LogP contribution < -0.4 is 11.1 Å². The van der Waals surface area contributed by atoms with Crippen LogP contribution in [0.25, 0.3) is 0 Å². The van der Waals surface area contributed by atoms with E-state index in [0.29, 0.717) is 0 Å². The normalized spacial score (nSPS) is 17.2. The van der Waals surface area contributed by atoms with Crippen molar-refractivity contribution in [3.8, 4) is 0 Å². The summed E-state index contributed by atoms with van der Waals surface area (Å²) in [6.45, 7) is 0. The van der Waals surface area contributed by atoms with Crippen LogP contribution in [0, 0.1) is 5.82 Å². The van der Waals surface area contributed by atoms with Crippen molar-refractivity contribution >= 4 is 34.7 Å². The number of benzene rings is 1. The van der Waals surface area contributed by atoms with Crippen LogP contribution in [0.1, 0.15) is 36.0 Å². The Bertz CT molecular complexity index is 529. The summed E-state index contributed by atoms with van der Waals surface area (Å²) in [6, 6.07) is 3.66. The van der Waals surface area contributed by atoms with Crippen LogP contribution in [-0.4, -0.2) is 16.4 Å². The summed E-state index contributed by atoms with van der Waals surface area (Å²) in [5.74, 6) is -0.855. The molecule has 1 aliphatic rings. The molecule has 0 spiro atoms. The highest BCUT2D eigenvalue weighted by molar-refractivity contribution is 7.80. The highest BCUT2D eigenvalue weighted by atomic mass is 35.5. The van der Waals surface area contributed by atoms with E-state index in [1.54, 1.807) is 0 Å². The van der Waals surface area contributed by atoms with Gasteiger partial charge in [-0.25, -0.2) is 4.39 Å². The highest BCUT2D eigenvalue weighted by Crippen LogP contribution is 2.30. The molecule has 0 heterocycles. The van der Waals surface area contributed by atoms with Gasteiger partial charge in [-0.3, -0.25) is 4.79 Å². The summed E-state index contributed by atoms with van der Waals surface area (Å²) in [6.07, 6.45) is 3.39. The van der Waals surface area contributed by atoms with E-state index in [9.17, 15) is 9.18 Å². The van der Waals surface area contributed by atoms with Crippen molar-refractivity contribution in [3.63, 3.8) is 0 Å². The van der Waals surface area contributed by atoms with Crippen molar-refractivity contribution in [3.05, 3.63) is 34.6 Å². The van der Waals surface area contributed by atoms with Crippen molar-refractivity contribution in [2.45, 2.75) is 31.2 Å². The fraction of sp³-hybridized carbons (Fsp3) is 0.385. The minimum atomic E-state index is -0.635. The number of amides is 1. The number of nitrogens with one attached hydrogen (secondary N) is 1. The molecule has 19 heavy (non-hydrogen) atoms. The van der Waals surface area contributed by atoms with E-state index in [1.807, 2.05) is 0 Å². The van der Waals surface area contributed by atoms with Crippen LogP contribution in [0.15, 0.2) is 18.2 Å². The van der Waals surface area contributed by atoms with E-state index in [-0.39, 0.29) is 21.5 Å². The number of rotatable bonds is 3. The van der Waals surface area contributed by atoms with Crippen LogP contribution in [0.2, 0.25) is 5.02 Å². The van der Waals surface area contributed by atoms with Gasteiger partial charge in [0.25, 0.3) is 5.91 Å². The fourth-order valence-corrected chi connectivity index (χ4v) is 2.88. The molecule has 102 valence electrons. The molecule has 1 fully saturated rings. The van der Waals surface area contributed by atoms with Gasteiger partial charge in [0.15, 0.2) is 0 Å². The first-order valence-electron chi connectivity index (χ1n) is 6.02. The van der Waals surface area contributed by atoms with Crippen LogP contribution in [-0.2, 0) is 0 Å². The molecule has 1 aromatic rings. The predicted octanol–water partition coefficient (Wildman–Crippen LogP) is 2.81. The van der Waals surface area contributed by atoms with Gasteiger partial charge < -0.3 is 11.1 Å². The molecule has 0 aliphatic heterocycles. The lowest BCUT2D eigenvalue weighted by atomic mass is 9.97. The second kappa shape index (κ2) is 5.43. The molecular weight excluding hydrogens is 287 g/mol. The Kier molecular flexibility index (Phi) is 4.06. The maximum Gasteiger partial charge on any atom is 0.253 e. The maximum atomic E-state index is 13.0. The molecule has 0 unspecified atom stereocenters. The van der Waals surface area contributed by atoms with Gasteiger partial charge in [0.2, 0.25) is 0 Å². The van der Waals surface area contributed by atoms with Crippen LogP contribution in [0.4, 0.5) is 4.39 Å². The first-order valence-corrected chi connectivity index (χ1v) is 6.81. The molecule has 0 aromatic heterocycles. The van der Waals surface area contributed by atoms with Gasteiger partial charge in [0.1, 0.15) is 5.82 Å². The van der Waals surface area contributed by atoms with E-state index < -0.39 is 11.4 Å². The SMILES string of the molecule is NC(=S)C1(NC(=O)c2ccc(F)cc2Cl)CCCC1. The topological polar surface area (TPSA) is 55.1 Å². The summed E-state index contributed by atoms with van der Waals surface area (Å²) >= 11 is 10.9. The Balaban J connectivity index is 2.22. The summed E-state index contributed by atoms with van der Waals surface area (Å²) in [5, 5.41) is 2.93. The molecular formula is C13H14ClFN2OS. The first kappa shape index (κ1) is 14.2. The summed E-state index contributed by atoms with van der Waals surface area (Å²) in [7, 11) is 0. The summed E-state index contributed by atoms with van der Waals surface area (Å²) in [4.78, 5) is 12.5. The van der Waals surface area contributed by atoms with Crippen molar-refractivity contribution in [2.24, 2.45) is 5.73 Å². The molecule has 0 atom stereocenters. The Morgan fingerprint density at radius 2 is 2.05 bits per heavy atom. The second-order valence-corrected chi connectivity index (χ2v) is 5.58. The van der Waals surface area contributed by atoms with E-state index in [1.165, 1.54) is 12.1 Å². The van der Waals surface area contributed by atoms with E-state index in [0.717, 1.165) is 31.7 Å². The molecule has 0 saturated heterocycles. The molecule has 6 heteroatoms. The zero-order valence-corrected chi connectivity index (χ0v) is 11.8. The third kappa shape index (κ3) is 2.87. The minimum Gasteiger partial charge on any atom is -0.391 e. The van der Waals surface area contributed by atoms with Gasteiger partial charge in [-0.2, -0.15) is 0 Å². The van der Waals surface area contributed by atoms with Gasteiger partial charge in [0, 0.05) is 0 Å². The number of carbonyl (C=O) groups excluding carboxylic acids is 1. The third-order valence-corrected chi connectivity index (χ3v) is 4.16. The van der Waals surface area contributed by atoms with E-state index >= 15 is 0 Å². The van der Waals surface area contributed by atoms with Crippen LogP contribution in [0.3, 0.4) is 0 Å². The zero-order chi connectivity index (χ0) is 14.0. The number of halogens is 2. The van der Waals surface area contributed by atoms with Gasteiger partial charge in [-0.05, 0) is 31.0 Å². The lowest BCUT2D eigenvalue weighted by Crippen LogP contribution is -2.54. The predicted molar refractivity (Wildman–Crippen MR) is 76.9 cm³/mol. The number of nitrogens with two attached hydrogens (primary N) is 1. The lowest BCUT2D eigenvalue weighted by molar-refractivity contribution is 0.0924. The minimum absolute atomic E-state index is 0.0774. The van der Waals surface area contributed by atoms with E-state index in [2.05, 4.69) is 5.32 Å². The molecule has 1 aliphatic carbocycles. The average Bonchev–Trinajstić information content (AvgIpc) is 2.78. The Hall–Kier alpha value is -1.20. The van der Waals surface area contributed by atoms with Gasteiger partial charge in [0.05, 0.1) is 21.1 Å². The van der Waals surface area contributed by atoms with Gasteiger partial charge in [-0.15, -0.1) is 0 Å². The number of hydrogen-bond acceptors (Lipinski definition) is 2. The summed E-state index contributed by atoms with van der Waals surface area (Å²) < 4.78 is 13.0. The van der Waals surface area contributed by atoms with E-state index in [4.69, 9.17) is 29.6 Å². The van der Waals surface area contributed by atoms with Crippen molar-refractivity contribution in [2.75, 3.05) is 0 Å². The molecule has 0 radical (unpaired) electrons. The Morgan fingerprint density at radius 1 is 1.42 bits per heavy atom. The molecule has 0 bridgehead atoms. The maximum absolute atomic E-state index is 13.0. The standard InChI is InChI=1S/C13H14ClFN2OS/c14-10-7-8(15)3-4-9(10)11(18)17-13(12(16)19)5-1-2-6-13/h3-4,7H,1-2,5-6H2,(H2,16,19)(H,17,18).